The third-order valence-corrected chi connectivity index (χ3v) is 6.13. The average Bonchev–Trinajstić information content (AvgIpc) is 3.30. The van der Waals surface area contributed by atoms with E-state index >= 15 is 0 Å². The van der Waals surface area contributed by atoms with Gasteiger partial charge in [-0.15, -0.1) is 0 Å². The molecule has 2 heterocycles. The molecule has 2 amide bonds. The summed E-state index contributed by atoms with van der Waals surface area (Å²) in [5.74, 6) is 0.780. The van der Waals surface area contributed by atoms with Crippen LogP contribution in [0.5, 0.6) is 5.75 Å². The van der Waals surface area contributed by atoms with Crippen LogP contribution in [0.15, 0.2) is 59.3 Å². The van der Waals surface area contributed by atoms with E-state index in [1.807, 2.05) is 59.3 Å². The second kappa shape index (κ2) is 9.98. The Bertz CT molecular complexity index is 1050. The number of carbonyl (C=O) groups is 2. The molecule has 7 heteroatoms. The lowest BCUT2D eigenvalue weighted by atomic mass is 10.0. The van der Waals surface area contributed by atoms with Crippen molar-refractivity contribution in [3.05, 3.63) is 81.0 Å². The number of thiophene rings is 1. The van der Waals surface area contributed by atoms with Crippen LogP contribution in [0.25, 0.3) is 0 Å². The van der Waals surface area contributed by atoms with Crippen LogP contribution in [0.3, 0.4) is 0 Å². The lowest BCUT2D eigenvalue weighted by Crippen LogP contribution is -2.29. The van der Waals surface area contributed by atoms with Crippen LogP contribution in [0.4, 0.5) is 5.69 Å². The molecule has 0 radical (unpaired) electrons. The molecule has 0 fully saturated rings. The Balaban J connectivity index is 1.29. The molecule has 4 rings (SSSR count). The first kappa shape index (κ1) is 21.4. The van der Waals surface area contributed by atoms with Gasteiger partial charge in [-0.2, -0.15) is 11.3 Å². The highest BCUT2D eigenvalue weighted by Gasteiger charge is 2.18. The number of amides is 2. The van der Waals surface area contributed by atoms with E-state index in [9.17, 15) is 9.59 Å². The molecular weight excluding hydrogens is 432 g/mol. The van der Waals surface area contributed by atoms with Gasteiger partial charge in [-0.1, -0.05) is 23.7 Å². The predicted molar refractivity (Wildman–Crippen MR) is 124 cm³/mol. The Morgan fingerprint density at radius 1 is 1.13 bits per heavy atom. The molecule has 160 valence electrons. The first-order valence-corrected chi connectivity index (χ1v) is 11.5. The third-order valence-electron chi connectivity index (χ3n) is 5.17. The average molecular weight is 455 g/mol. The highest BCUT2D eigenvalue weighted by atomic mass is 35.5. The number of carbonyl (C=O) groups excluding carboxylic acids is 2. The normalized spacial score (nSPS) is 13.8. The molecule has 0 saturated carbocycles. The molecular formula is C24H23ClN2O3S. The van der Waals surface area contributed by atoms with Crippen LogP contribution in [-0.4, -0.2) is 18.4 Å². The van der Waals surface area contributed by atoms with Crippen LogP contribution in [0.2, 0.25) is 5.02 Å². The smallest absolute Gasteiger partial charge is 0.224 e. The Morgan fingerprint density at radius 3 is 2.74 bits per heavy atom. The van der Waals surface area contributed by atoms with Gasteiger partial charge in [0.2, 0.25) is 11.8 Å². The van der Waals surface area contributed by atoms with Gasteiger partial charge >= 0.3 is 0 Å². The van der Waals surface area contributed by atoms with Crippen molar-refractivity contribution in [1.29, 1.82) is 0 Å². The Labute approximate surface area is 190 Å². The molecule has 1 aliphatic rings. The fourth-order valence-electron chi connectivity index (χ4n) is 3.56. The number of aryl methyl sites for hydroxylation is 1. The van der Waals surface area contributed by atoms with Crippen molar-refractivity contribution < 1.29 is 14.3 Å². The second-order valence-corrected chi connectivity index (χ2v) is 8.64. The second-order valence-electron chi connectivity index (χ2n) is 7.43. The van der Waals surface area contributed by atoms with Gasteiger partial charge in [-0.3, -0.25) is 9.59 Å². The van der Waals surface area contributed by atoms with Crippen molar-refractivity contribution in [2.24, 2.45) is 0 Å². The van der Waals surface area contributed by atoms with Crippen molar-refractivity contribution in [1.82, 2.24) is 5.32 Å². The molecule has 0 saturated heterocycles. The number of hydrogen-bond acceptors (Lipinski definition) is 4. The zero-order valence-electron chi connectivity index (χ0n) is 16.9. The van der Waals surface area contributed by atoms with E-state index in [-0.39, 0.29) is 17.9 Å². The molecule has 0 bridgehead atoms. The van der Waals surface area contributed by atoms with Crippen molar-refractivity contribution in [3.63, 3.8) is 0 Å². The number of fused-ring (bicyclic) bond motifs is 1. The quantitative estimate of drug-likeness (QED) is 0.451. The molecule has 2 aromatic carbocycles. The molecule has 3 aromatic rings. The number of benzene rings is 2. The van der Waals surface area contributed by atoms with Crippen molar-refractivity contribution in [3.8, 4) is 5.75 Å². The molecule has 0 aliphatic carbocycles. The van der Waals surface area contributed by atoms with Crippen molar-refractivity contribution in [2.75, 3.05) is 11.9 Å². The van der Waals surface area contributed by atoms with Crippen LogP contribution < -0.4 is 15.4 Å². The Hall–Kier alpha value is -2.83. The molecule has 1 atom stereocenters. The minimum Gasteiger partial charge on any atom is -0.494 e. The fraction of sp³-hybridized carbons (Fsp3) is 0.250. The largest absolute Gasteiger partial charge is 0.494 e. The number of anilines is 1. The number of ether oxygens (including phenoxy) is 1. The van der Waals surface area contributed by atoms with Gasteiger partial charge in [0.05, 0.1) is 12.6 Å². The summed E-state index contributed by atoms with van der Waals surface area (Å²) in [6.45, 7) is 0.447. The summed E-state index contributed by atoms with van der Waals surface area (Å²) in [4.78, 5) is 24.0. The zero-order valence-corrected chi connectivity index (χ0v) is 18.5. The summed E-state index contributed by atoms with van der Waals surface area (Å²) < 4.78 is 5.82. The maximum Gasteiger partial charge on any atom is 0.224 e. The van der Waals surface area contributed by atoms with Crippen molar-refractivity contribution in [2.45, 2.75) is 31.7 Å². The number of hydrogen-bond donors (Lipinski definition) is 2. The summed E-state index contributed by atoms with van der Waals surface area (Å²) in [7, 11) is 0. The van der Waals surface area contributed by atoms with Gasteiger partial charge in [0.15, 0.2) is 0 Å². The minimum atomic E-state index is -0.201. The van der Waals surface area contributed by atoms with Gasteiger partial charge in [0.1, 0.15) is 5.75 Å². The molecule has 1 unspecified atom stereocenters. The maximum atomic E-state index is 12.6. The fourth-order valence-corrected chi connectivity index (χ4v) is 4.37. The highest BCUT2D eigenvalue weighted by Crippen LogP contribution is 2.27. The predicted octanol–water partition coefficient (Wildman–Crippen LogP) is 5.35. The first-order chi connectivity index (χ1) is 15.1. The molecule has 5 nitrogen and oxygen atoms in total. The SMILES string of the molecule is O=C1CCc2cc(OCCCC(=O)NC(c3ccc(Cl)cc3)c3ccsc3)ccc2N1. The minimum absolute atomic E-state index is 0.0251. The molecule has 31 heavy (non-hydrogen) atoms. The van der Waals surface area contributed by atoms with Gasteiger partial charge in [0.25, 0.3) is 0 Å². The van der Waals surface area contributed by atoms with E-state index in [0.717, 1.165) is 34.5 Å². The van der Waals surface area contributed by atoms with Crippen LogP contribution in [0, 0.1) is 0 Å². The summed E-state index contributed by atoms with van der Waals surface area (Å²) >= 11 is 7.61. The molecule has 1 aliphatic heterocycles. The van der Waals surface area contributed by atoms with E-state index in [1.54, 1.807) is 11.3 Å². The van der Waals surface area contributed by atoms with Gasteiger partial charge in [0, 0.05) is 23.6 Å². The number of nitrogens with one attached hydrogen (secondary N) is 2. The van der Waals surface area contributed by atoms with Crippen LogP contribution >= 0.6 is 22.9 Å². The zero-order chi connectivity index (χ0) is 21.6. The summed E-state index contributed by atoms with van der Waals surface area (Å²) in [5, 5.41) is 10.7. The number of halogens is 1. The van der Waals surface area contributed by atoms with Crippen LogP contribution in [0.1, 0.15) is 42.0 Å². The van der Waals surface area contributed by atoms with Crippen molar-refractivity contribution >= 4 is 40.4 Å². The van der Waals surface area contributed by atoms with Gasteiger partial charge < -0.3 is 15.4 Å². The maximum absolute atomic E-state index is 12.6. The standard InChI is InChI=1S/C24H23ClN2O3S/c25-19-6-3-16(4-7-19)24(18-11-13-31-15-18)27-22(28)2-1-12-30-20-8-9-21-17(14-20)5-10-23(29)26-21/h3-4,6-9,11,13-15,24H,1-2,5,10,12H2,(H,26,29)(H,27,28). The van der Waals surface area contributed by atoms with E-state index < -0.39 is 0 Å². The molecule has 0 spiro atoms. The summed E-state index contributed by atoms with van der Waals surface area (Å²) in [6.07, 6.45) is 2.19. The molecule has 2 N–H and O–H groups in total. The number of rotatable bonds is 8. The van der Waals surface area contributed by atoms with Gasteiger partial charge in [-0.05, 0) is 76.7 Å². The van der Waals surface area contributed by atoms with Gasteiger partial charge in [-0.25, -0.2) is 0 Å². The van der Waals surface area contributed by atoms with E-state index in [4.69, 9.17) is 16.3 Å². The van der Waals surface area contributed by atoms with E-state index in [1.165, 1.54) is 0 Å². The molecule has 1 aromatic heterocycles. The topological polar surface area (TPSA) is 67.4 Å². The Morgan fingerprint density at radius 2 is 1.97 bits per heavy atom. The third kappa shape index (κ3) is 5.66. The first-order valence-electron chi connectivity index (χ1n) is 10.2. The van der Waals surface area contributed by atoms with E-state index in [2.05, 4.69) is 10.6 Å². The Kier molecular flexibility index (Phi) is 6.89. The summed E-state index contributed by atoms with van der Waals surface area (Å²) in [6, 6.07) is 15.0. The van der Waals surface area contributed by atoms with E-state index in [0.29, 0.717) is 30.9 Å². The lowest BCUT2D eigenvalue weighted by Gasteiger charge is -2.19. The summed E-state index contributed by atoms with van der Waals surface area (Å²) in [5.41, 5.74) is 3.98. The lowest BCUT2D eigenvalue weighted by molar-refractivity contribution is -0.121. The monoisotopic (exact) mass is 454 g/mol. The highest BCUT2D eigenvalue weighted by molar-refractivity contribution is 7.08. The van der Waals surface area contributed by atoms with Crippen LogP contribution in [-0.2, 0) is 16.0 Å².